The van der Waals surface area contributed by atoms with Crippen LogP contribution in [0.2, 0.25) is 0 Å². The van der Waals surface area contributed by atoms with Crippen molar-refractivity contribution in [2.45, 2.75) is 6.92 Å². The Morgan fingerprint density at radius 2 is 1.91 bits per heavy atom. The Morgan fingerprint density at radius 3 is 2.73 bits per heavy atom. The number of hydrogen-bond donors (Lipinski definition) is 2. The highest BCUT2D eigenvalue weighted by Crippen LogP contribution is 2.34. The van der Waals surface area contributed by atoms with Crippen molar-refractivity contribution in [1.29, 1.82) is 0 Å². The summed E-state index contributed by atoms with van der Waals surface area (Å²) in [7, 11) is 3.99. The summed E-state index contributed by atoms with van der Waals surface area (Å²) in [5, 5.41) is 8.55. The minimum Gasteiger partial charge on any atom is -0.376 e. The molecule has 8 nitrogen and oxygen atoms in total. The number of aromatic amines is 2. The highest BCUT2D eigenvalue weighted by molar-refractivity contribution is 7.15. The molecule has 0 amide bonds. The average molecular weight is 453 g/mol. The van der Waals surface area contributed by atoms with Crippen LogP contribution in [0, 0.1) is 6.92 Å². The van der Waals surface area contributed by atoms with Crippen LogP contribution in [0.3, 0.4) is 0 Å². The summed E-state index contributed by atoms with van der Waals surface area (Å²) in [6.45, 7) is 2.11. The smallest absolute Gasteiger partial charge is 0.178 e. The number of thiophene rings is 1. The van der Waals surface area contributed by atoms with Gasteiger partial charge in [0.25, 0.3) is 0 Å². The first-order valence-corrected chi connectivity index (χ1v) is 11.3. The van der Waals surface area contributed by atoms with Gasteiger partial charge in [-0.25, -0.2) is 9.97 Å². The van der Waals surface area contributed by atoms with Gasteiger partial charge in [-0.1, -0.05) is 0 Å². The summed E-state index contributed by atoms with van der Waals surface area (Å²) < 4.78 is 0. The average Bonchev–Trinajstić information content (AvgIpc) is 3.55. The van der Waals surface area contributed by atoms with E-state index in [9.17, 15) is 0 Å². The predicted molar refractivity (Wildman–Crippen MR) is 132 cm³/mol. The van der Waals surface area contributed by atoms with Gasteiger partial charge in [-0.05, 0) is 37.3 Å². The topological polar surface area (TPSA) is 99.3 Å². The van der Waals surface area contributed by atoms with Crippen LogP contribution in [-0.2, 0) is 0 Å². The Kier molecular flexibility index (Phi) is 4.44. The molecule has 9 heteroatoms. The van der Waals surface area contributed by atoms with E-state index in [1.54, 1.807) is 23.7 Å². The summed E-state index contributed by atoms with van der Waals surface area (Å²) in [6, 6.07) is 10.4. The number of fused-ring (bicyclic) bond motifs is 2. The zero-order chi connectivity index (χ0) is 22.5. The molecule has 6 heterocycles. The zero-order valence-corrected chi connectivity index (χ0v) is 19.1. The van der Waals surface area contributed by atoms with Gasteiger partial charge in [-0.2, -0.15) is 5.10 Å². The van der Waals surface area contributed by atoms with Crippen molar-refractivity contribution in [2.75, 3.05) is 19.0 Å². The number of nitrogens with one attached hydrogen (secondary N) is 2. The van der Waals surface area contributed by atoms with Crippen LogP contribution in [0.15, 0.2) is 55.1 Å². The van der Waals surface area contributed by atoms with Gasteiger partial charge in [-0.15, -0.1) is 11.3 Å². The van der Waals surface area contributed by atoms with Crippen LogP contribution in [-0.4, -0.2) is 49.2 Å². The van der Waals surface area contributed by atoms with Crippen molar-refractivity contribution < 1.29 is 0 Å². The lowest BCUT2D eigenvalue weighted by molar-refractivity contribution is 1.10. The first-order valence-electron chi connectivity index (χ1n) is 10.5. The molecule has 0 saturated carbocycles. The number of pyridine rings is 3. The van der Waals surface area contributed by atoms with Gasteiger partial charge < -0.3 is 9.88 Å². The normalized spacial score (nSPS) is 11.5. The molecule has 0 aliphatic heterocycles. The molecule has 0 fully saturated rings. The number of hydrogen-bond acceptors (Lipinski definition) is 7. The molecule has 0 unspecified atom stereocenters. The minimum atomic E-state index is 0.668. The highest BCUT2D eigenvalue weighted by atomic mass is 32.1. The first kappa shape index (κ1) is 19.6. The number of nitrogens with zero attached hydrogens (tertiary/aromatic N) is 6. The second-order valence-electron chi connectivity index (χ2n) is 8.07. The third-order valence-electron chi connectivity index (χ3n) is 5.61. The third-order valence-corrected chi connectivity index (χ3v) is 6.64. The molecule has 162 valence electrons. The Labute approximate surface area is 193 Å². The summed E-state index contributed by atoms with van der Waals surface area (Å²) in [4.78, 5) is 26.1. The van der Waals surface area contributed by atoms with E-state index < -0.39 is 0 Å². The summed E-state index contributed by atoms with van der Waals surface area (Å²) in [6.07, 6.45) is 7.25. The van der Waals surface area contributed by atoms with Crippen molar-refractivity contribution in [2.24, 2.45) is 0 Å². The van der Waals surface area contributed by atoms with Gasteiger partial charge in [0.2, 0.25) is 0 Å². The standard InChI is InChI=1S/C24H20N8S/c1-13-4-5-20(33-13)16-6-7-26-23-21(16)28-24(29-23)22-17-9-18(27-12-19(17)30-31-22)14-8-15(32(2)3)11-25-10-14/h4-12H,1-3H3,(H,30,31)(H,26,28,29). The van der Waals surface area contributed by atoms with Gasteiger partial charge in [0.15, 0.2) is 11.5 Å². The van der Waals surface area contributed by atoms with E-state index in [4.69, 9.17) is 4.98 Å². The Balaban J connectivity index is 1.48. The van der Waals surface area contributed by atoms with Gasteiger partial charge in [0, 0.05) is 52.8 Å². The number of anilines is 1. The van der Waals surface area contributed by atoms with E-state index >= 15 is 0 Å². The van der Waals surface area contributed by atoms with Crippen LogP contribution in [0.4, 0.5) is 5.69 Å². The third kappa shape index (κ3) is 3.33. The summed E-state index contributed by atoms with van der Waals surface area (Å²) in [5.74, 6) is 0.668. The SMILES string of the molecule is Cc1ccc(-c2ccnc3nc(-c4n[nH]c5cnc(-c6cncc(N(C)C)c6)cc45)[nH]c23)s1. The quantitative estimate of drug-likeness (QED) is 0.388. The maximum Gasteiger partial charge on any atom is 0.178 e. The molecule has 0 saturated heterocycles. The van der Waals surface area contributed by atoms with E-state index in [0.717, 1.165) is 44.6 Å². The number of imidazole rings is 1. The lowest BCUT2D eigenvalue weighted by atomic mass is 10.1. The van der Waals surface area contributed by atoms with Gasteiger partial charge >= 0.3 is 0 Å². The molecule has 33 heavy (non-hydrogen) atoms. The van der Waals surface area contributed by atoms with E-state index in [-0.39, 0.29) is 0 Å². The van der Waals surface area contributed by atoms with Crippen LogP contribution in [0.25, 0.3) is 55.3 Å². The molecular formula is C24H20N8S. The molecular weight excluding hydrogens is 432 g/mol. The fourth-order valence-electron chi connectivity index (χ4n) is 3.88. The number of aromatic nitrogens is 7. The molecule has 2 N–H and O–H groups in total. The maximum absolute atomic E-state index is 4.75. The molecule has 0 aliphatic rings. The molecule has 6 rings (SSSR count). The number of H-pyrrole nitrogens is 2. The zero-order valence-electron chi connectivity index (χ0n) is 18.3. The summed E-state index contributed by atoms with van der Waals surface area (Å²) >= 11 is 1.75. The van der Waals surface area contributed by atoms with Crippen LogP contribution in [0.5, 0.6) is 0 Å². The Hall–Kier alpha value is -4.11. The van der Waals surface area contributed by atoms with Crippen LogP contribution in [0.1, 0.15) is 4.88 Å². The monoisotopic (exact) mass is 452 g/mol. The molecule has 0 radical (unpaired) electrons. The molecule has 0 aliphatic carbocycles. The maximum atomic E-state index is 4.75. The molecule has 6 aromatic rings. The second kappa shape index (κ2) is 7.49. The largest absolute Gasteiger partial charge is 0.376 e. The number of rotatable bonds is 4. The van der Waals surface area contributed by atoms with Gasteiger partial charge in [0.1, 0.15) is 5.69 Å². The highest BCUT2D eigenvalue weighted by Gasteiger charge is 2.17. The lowest BCUT2D eigenvalue weighted by Crippen LogP contribution is -2.08. The predicted octanol–water partition coefficient (Wildman–Crippen LogP) is 5.06. The molecule has 0 atom stereocenters. The summed E-state index contributed by atoms with van der Waals surface area (Å²) in [5.41, 5.74) is 7.02. The van der Waals surface area contributed by atoms with Crippen molar-refractivity contribution in [1.82, 2.24) is 35.1 Å². The fraction of sp³-hybridized carbons (Fsp3) is 0.125. The molecule has 0 spiro atoms. The van der Waals surface area contributed by atoms with Crippen molar-refractivity contribution in [3.8, 4) is 33.2 Å². The van der Waals surface area contributed by atoms with Crippen molar-refractivity contribution >= 4 is 39.1 Å². The molecule has 0 aromatic carbocycles. The van der Waals surface area contributed by atoms with E-state index in [1.165, 1.54) is 9.75 Å². The van der Waals surface area contributed by atoms with Crippen molar-refractivity contribution in [3.05, 3.63) is 60.0 Å². The van der Waals surface area contributed by atoms with Crippen LogP contribution >= 0.6 is 11.3 Å². The van der Waals surface area contributed by atoms with E-state index in [0.29, 0.717) is 11.5 Å². The second-order valence-corrected chi connectivity index (χ2v) is 9.35. The van der Waals surface area contributed by atoms with Crippen molar-refractivity contribution in [3.63, 3.8) is 0 Å². The number of aryl methyl sites for hydroxylation is 1. The minimum absolute atomic E-state index is 0.668. The van der Waals surface area contributed by atoms with Gasteiger partial charge in [0.05, 0.1) is 34.8 Å². The Bertz CT molecular complexity index is 1620. The molecule has 0 bridgehead atoms. The fourth-order valence-corrected chi connectivity index (χ4v) is 4.77. The van der Waals surface area contributed by atoms with Gasteiger partial charge in [-0.3, -0.25) is 15.1 Å². The van der Waals surface area contributed by atoms with E-state index in [1.807, 2.05) is 43.5 Å². The van der Waals surface area contributed by atoms with Crippen LogP contribution < -0.4 is 4.90 Å². The Morgan fingerprint density at radius 1 is 1.00 bits per heavy atom. The lowest BCUT2D eigenvalue weighted by Gasteiger charge is -2.12. The molecule has 6 aromatic heterocycles. The van der Waals surface area contributed by atoms with E-state index in [2.05, 4.69) is 55.3 Å². The first-order chi connectivity index (χ1) is 16.1.